The van der Waals surface area contributed by atoms with Crippen molar-refractivity contribution in [3.8, 4) is 0 Å². The third kappa shape index (κ3) is 49.4. The van der Waals surface area contributed by atoms with Gasteiger partial charge in [0.2, 0.25) is 0 Å². The van der Waals surface area contributed by atoms with Crippen LogP contribution in [0, 0.1) is 17.8 Å². The Balaban J connectivity index is 4.28. The van der Waals surface area contributed by atoms with E-state index in [9.17, 15) is 14.4 Å². The lowest BCUT2D eigenvalue weighted by molar-refractivity contribution is -0.167. The minimum absolute atomic E-state index is 0.0642. The van der Waals surface area contributed by atoms with Crippen molar-refractivity contribution in [2.75, 3.05) is 13.2 Å². The van der Waals surface area contributed by atoms with E-state index in [4.69, 9.17) is 14.2 Å². The van der Waals surface area contributed by atoms with Gasteiger partial charge >= 0.3 is 17.9 Å². The fourth-order valence-corrected chi connectivity index (χ4v) is 8.47. The zero-order chi connectivity index (χ0) is 45.6. The molecule has 0 aliphatic rings. The SMILES string of the molecule is CC(C)CCCCCCCCCCCCCCCCCC(=O)OC[C@H](COC(=O)CCCCCCCCCCCCCC(C)C)OC(=O)CCCCCCCCCCCC(C)C. The predicted octanol–water partition coefficient (Wildman–Crippen LogP) is 17.9. The number of ether oxygens (including phenoxy) is 3. The van der Waals surface area contributed by atoms with E-state index in [0.717, 1.165) is 75.5 Å². The Labute approximate surface area is 387 Å². The summed E-state index contributed by atoms with van der Waals surface area (Å²) >= 11 is 0. The molecular formula is C56H108O6. The van der Waals surface area contributed by atoms with Crippen LogP contribution in [0.3, 0.4) is 0 Å². The molecule has 0 aliphatic heterocycles. The first kappa shape index (κ1) is 60.4. The Morgan fingerprint density at radius 2 is 0.468 bits per heavy atom. The van der Waals surface area contributed by atoms with Gasteiger partial charge in [0, 0.05) is 19.3 Å². The fraction of sp³-hybridized carbons (Fsp3) is 0.946. The van der Waals surface area contributed by atoms with Gasteiger partial charge in [-0.25, -0.2) is 0 Å². The molecule has 6 heteroatoms. The number of rotatable bonds is 49. The topological polar surface area (TPSA) is 78.9 Å². The number of carbonyl (C=O) groups is 3. The molecule has 0 unspecified atom stereocenters. The summed E-state index contributed by atoms with van der Waals surface area (Å²) in [4.78, 5) is 38.0. The summed E-state index contributed by atoms with van der Waals surface area (Å²) in [6.07, 6.45) is 48.1. The highest BCUT2D eigenvalue weighted by Gasteiger charge is 2.19. The molecule has 0 bridgehead atoms. The molecule has 0 heterocycles. The van der Waals surface area contributed by atoms with Crippen LogP contribution in [0.5, 0.6) is 0 Å². The molecule has 0 aromatic carbocycles. The largest absolute Gasteiger partial charge is 0.462 e. The molecule has 0 spiro atoms. The van der Waals surface area contributed by atoms with Crippen molar-refractivity contribution < 1.29 is 28.6 Å². The first-order valence-electron chi connectivity index (χ1n) is 27.6. The smallest absolute Gasteiger partial charge is 0.306 e. The summed E-state index contributed by atoms with van der Waals surface area (Å²) in [5.41, 5.74) is 0. The van der Waals surface area contributed by atoms with E-state index < -0.39 is 6.10 Å². The summed E-state index contributed by atoms with van der Waals surface area (Å²) in [5.74, 6) is 1.63. The lowest BCUT2D eigenvalue weighted by atomic mass is 10.0. The Bertz CT molecular complexity index is 960. The van der Waals surface area contributed by atoms with Gasteiger partial charge in [0.05, 0.1) is 0 Å². The Kier molecular flexibility index (Phi) is 46.2. The molecule has 62 heavy (non-hydrogen) atoms. The zero-order valence-electron chi connectivity index (χ0n) is 42.7. The van der Waals surface area contributed by atoms with Gasteiger partial charge in [-0.05, 0) is 37.0 Å². The second kappa shape index (κ2) is 47.4. The third-order valence-corrected chi connectivity index (χ3v) is 12.6. The van der Waals surface area contributed by atoms with Crippen LogP contribution in [0.15, 0.2) is 0 Å². The summed E-state index contributed by atoms with van der Waals surface area (Å²) in [6, 6.07) is 0. The number of unbranched alkanes of at least 4 members (excludes halogenated alkanes) is 32. The molecule has 0 radical (unpaired) electrons. The summed E-state index contributed by atoms with van der Waals surface area (Å²) in [6.45, 7) is 13.7. The van der Waals surface area contributed by atoms with E-state index in [1.807, 2.05) is 0 Å². The van der Waals surface area contributed by atoms with Crippen molar-refractivity contribution in [2.24, 2.45) is 17.8 Å². The van der Waals surface area contributed by atoms with Crippen LogP contribution >= 0.6 is 0 Å². The van der Waals surface area contributed by atoms with Crippen LogP contribution in [0.1, 0.15) is 305 Å². The molecule has 0 saturated heterocycles. The first-order valence-corrected chi connectivity index (χ1v) is 27.6. The van der Waals surface area contributed by atoms with E-state index in [2.05, 4.69) is 41.5 Å². The number of hydrogen-bond acceptors (Lipinski definition) is 6. The van der Waals surface area contributed by atoms with Crippen LogP contribution < -0.4 is 0 Å². The fourth-order valence-electron chi connectivity index (χ4n) is 8.47. The number of hydrogen-bond donors (Lipinski definition) is 0. The van der Waals surface area contributed by atoms with Crippen molar-refractivity contribution in [3.05, 3.63) is 0 Å². The van der Waals surface area contributed by atoms with E-state index in [1.54, 1.807) is 0 Å². The Hall–Kier alpha value is -1.59. The van der Waals surface area contributed by atoms with E-state index in [0.29, 0.717) is 19.3 Å². The molecule has 6 nitrogen and oxygen atoms in total. The standard InChI is InChI=1S/C56H108O6/c1-50(2)42-36-30-24-18-13-10-8-7-9-11-15-21-27-33-39-45-54(57)60-48-53(62-56(59)47-41-35-29-23-17-20-26-32-38-44-52(5)6)49-61-55(58)46-40-34-28-22-16-12-14-19-25-31-37-43-51(3)4/h50-53H,7-49H2,1-6H3/t53-/m1/s1. The number of carbonyl (C=O) groups excluding carboxylic acids is 3. The van der Waals surface area contributed by atoms with Gasteiger partial charge in [0.25, 0.3) is 0 Å². The normalized spacial score (nSPS) is 12.1. The Morgan fingerprint density at radius 1 is 0.274 bits per heavy atom. The first-order chi connectivity index (χ1) is 30.1. The van der Waals surface area contributed by atoms with Crippen molar-refractivity contribution in [2.45, 2.75) is 311 Å². The molecule has 368 valence electrons. The van der Waals surface area contributed by atoms with Crippen molar-refractivity contribution >= 4 is 17.9 Å². The van der Waals surface area contributed by atoms with Crippen molar-refractivity contribution in [3.63, 3.8) is 0 Å². The van der Waals surface area contributed by atoms with Crippen LogP contribution in [0.2, 0.25) is 0 Å². The monoisotopic (exact) mass is 877 g/mol. The highest BCUT2D eigenvalue weighted by Crippen LogP contribution is 2.18. The average Bonchev–Trinajstić information content (AvgIpc) is 3.23. The number of esters is 3. The van der Waals surface area contributed by atoms with Gasteiger partial charge in [0.15, 0.2) is 6.10 Å². The zero-order valence-corrected chi connectivity index (χ0v) is 42.7. The van der Waals surface area contributed by atoms with Gasteiger partial charge < -0.3 is 14.2 Å². The highest BCUT2D eigenvalue weighted by atomic mass is 16.6. The second-order valence-corrected chi connectivity index (χ2v) is 20.6. The molecule has 0 aromatic heterocycles. The summed E-state index contributed by atoms with van der Waals surface area (Å²) < 4.78 is 16.8. The lowest BCUT2D eigenvalue weighted by Gasteiger charge is -2.18. The van der Waals surface area contributed by atoms with Gasteiger partial charge in [-0.3, -0.25) is 14.4 Å². The second-order valence-electron chi connectivity index (χ2n) is 20.6. The molecule has 0 fully saturated rings. The van der Waals surface area contributed by atoms with E-state index >= 15 is 0 Å². The maximum atomic E-state index is 12.8. The molecular weight excluding hydrogens is 769 g/mol. The van der Waals surface area contributed by atoms with Crippen LogP contribution in [-0.4, -0.2) is 37.2 Å². The minimum Gasteiger partial charge on any atom is -0.462 e. The summed E-state index contributed by atoms with van der Waals surface area (Å²) in [7, 11) is 0. The molecule has 0 amide bonds. The van der Waals surface area contributed by atoms with Crippen LogP contribution in [0.4, 0.5) is 0 Å². The molecule has 0 aromatic rings. The van der Waals surface area contributed by atoms with Gasteiger partial charge in [0.1, 0.15) is 13.2 Å². The molecule has 0 N–H and O–H groups in total. The average molecular weight is 877 g/mol. The maximum Gasteiger partial charge on any atom is 0.306 e. The quantitative estimate of drug-likeness (QED) is 0.0344. The third-order valence-electron chi connectivity index (χ3n) is 12.6. The van der Waals surface area contributed by atoms with Gasteiger partial charge in [-0.15, -0.1) is 0 Å². The van der Waals surface area contributed by atoms with Gasteiger partial charge in [-0.2, -0.15) is 0 Å². The lowest BCUT2D eigenvalue weighted by Crippen LogP contribution is -2.30. The van der Waals surface area contributed by atoms with Crippen LogP contribution in [0.25, 0.3) is 0 Å². The van der Waals surface area contributed by atoms with E-state index in [1.165, 1.54) is 186 Å². The maximum absolute atomic E-state index is 12.8. The predicted molar refractivity (Wildman–Crippen MR) is 266 cm³/mol. The highest BCUT2D eigenvalue weighted by molar-refractivity contribution is 5.71. The molecule has 0 rings (SSSR count). The van der Waals surface area contributed by atoms with Crippen molar-refractivity contribution in [1.82, 2.24) is 0 Å². The van der Waals surface area contributed by atoms with Crippen molar-refractivity contribution in [1.29, 1.82) is 0 Å². The minimum atomic E-state index is -0.763. The Morgan fingerprint density at radius 3 is 0.694 bits per heavy atom. The molecule has 0 saturated carbocycles. The molecule has 0 aliphatic carbocycles. The van der Waals surface area contributed by atoms with Crippen LogP contribution in [-0.2, 0) is 28.6 Å². The van der Waals surface area contributed by atoms with Gasteiger partial charge in [-0.1, -0.05) is 266 Å². The van der Waals surface area contributed by atoms with E-state index in [-0.39, 0.29) is 31.1 Å². The summed E-state index contributed by atoms with van der Waals surface area (Å²) in [5, 5.41) is 0. The molecule has 1 atom stereocenters.